The van der Waals surface area contributed by atoms with Crippen LogP contribution in [0.4, 0.5) is 41.9 Å². The molecule has 118 heavy (non-hydrogen) atoms. The van der Waals surface area contributed by atoms with Crippen LogP contribution in [0.25, 0.3) is 0 Å². The quantitative estimate of drug-likeness (QED) is 0.0406. The predicted molar refractivity (Wildman–Crippen MR) is 419 cm³/mol. The Balaban J connectivity index is 0.000000147. The normalized spacial score (nSPS) is 14.9. The van der Waals surface area contributed by atoms with Crippen molar-refractivity contribution in [2.24, 2.45) is 7.05 Å². The van der Waals surface area contributed by atoms with Crippen LogP contribution in [-0.2, 0) is 87.9 Å². The molecule has 9 aromatic heterocycles. The topological polar surface area (TPSA) is 429 Å². The third-order valence-electron chi connectivity index (χ3n) is 19.8. The van der Waals surface area contributed by atoms with Crippen LogP contribution in [0, 0.1) is 62.3 Å². The number of aryl methyl sites for hydroxylation is 11. The van der Waals surface area contributed by atoms with Gasteiger partial charge in [0.1, 0.15) is 54.3 Å². The number of rotatable bonds is 25. The SMILES string of the molecule is COc1ccc(CCN2CC(=O)N(c3cnn(Cc4c(C)noc4C)c3)C2=O)cc1OC.Cc1nn(C)cc1CN1CC(=O)N(c2cnn(Cc3c(C)noc3C)c2)C1=O.Cc1noc(C)c1Cn1cc(N2C(=O)CN(Cc3cccc(CCC(=O)OC(C)(C)C)c3)C2=O)cn1.Cc1noc(C)c1Cn1cc(N2C(=O)NC(CO)C2=O)cn1. The van der Waals surface area contributed by atoms with Gasteiger partial charge in [0.25, 0.3) is 23.6 Å². The molecule has 0 bridgehead atoms. The summed E-state index contributed by atoms with van der Waals surface area (Å²) >= 11 is 0. The molecular formula is C79H92N22O17. The number of anilines is 4. The van der Waals surface area contributed by atoms with Crippen LogP contribution in [0.2, 0.25) is 0 Å². The van der Waals surface area contributed by atoms with E-state index >= 15 is 0 Å². The van der Waals surface area contributed by atoms with Crippen LogP contribution in [0.5, 0.6) is 11.5 Å². The molecule has 0 saturated carbocycles. The highest BCUT2D eigenvalue weighted by Gasteiger charge is 2.42. The summed E-state index contributed by atoms with van der Waals surface area (Å²) in [6, 6.07) is 10.7. The van der Waals surface area contributed by atoms with Crippen LogP contribution in [0.1, 0.15) is 123 Å². The second-order valence-electron chi connectivity index (χ2n) is 29.6. The monoisotopic (exact) mass is 1620 g/mol. The molecule has 4 aliphatic heterocycles. The van der Waals surface area contributed by atoms with E-state index in [0.717, 1.165) is 88.5 Å². The first-order valence-electron chi connectivity index (χ1n) is 37.6. The number of imide groups is 4. The number of hydrogen-bond donors (Lipinski definition) is 2. The molecule has 4 saturated heterocycles. The molecule has 13 heterocycles. The van der Waals surface area contributed by atoms with Gasteiger partial charge >= 0.3 is 30.1 Å². The highest BCUT2D eigenvalue weighted by Crippen LogP contribution is 2.31. The lowest BCUT2D eigenvalue weighted by atomic mass is 10.1. The number of hydrogen-bond acceptors (Lipinski definition) is 26. The Morgan fingerprint density at radius 2 is 0.898 bits per heavy atom. The van der Waals surface area contributed by atoms with Gasteiger partial charge in [-0.3, -0.25) is 47.4 Å². The Bertz CT molecular complexity index is 5490. The average Bonchev–Trinajstić information content (AvgIpc) is 1.65. The number of ether oxygens (including phenoxy) is 3. The second kappa shape index (κ2) is 35.5. The summed E-state index contributed by atoms with van der Waals surface area (Å²) in [4.78, 5) is 122. The number of methoxy groups -OCH3 is 2. The Labute approximate surface area is 676 Å². The summed E-state index contributed by atoms with van der Waals surface area (Å²) < 4.78 is 44.9. The molecular weight excluding hydrogens is 1530 g/mol. The average molecular weight is 1620 g/mol. The van der Waals surface area contributed by atoms with Gasteiger partial charge in [0, 0.05) is 85.4 Å². The molecule has 2 aromatic carbocycles. The zero-order valence-electron chi connectivity index (χ0n) is 68.1. The summed E-state index contributed by atoms with van der Waals surface area (Å²) in [7, 11) is 4.98. The number of aliphatic hydroxyl groups excluding tert-OH is 1. The first-order chi connectivity index (χ1) is 56.2. The zero-order valence-corrected chi connectivity index (χ0v) is 68.1. The smallest absolute Gasteiger partial charge is 0.332 e. The van der Waals surface area contributed by atoms with Crippen molar-refractivity contribution in [3.05, 3.63) is 194 Å². The lowest BCUT2D eigenvalue weighted by Gasteiger charge is -2.19. The number of aliphatic hydroxyl groups is 1. The minimum Gasteiger partial charge on any atom is -0.493 e. The molecule has 12 amide bonds. The summed E-state index contributed by atoms with van der Waals surface area (Å²) in [5.41, 5.74) is 12.5. The highest BCUT2D eigenvalue weighted by molar-refractivity contribution is 6.22. The summed E-state index contributed by atoms with van der Waals surface area (Å²) in [5.74, 6) is 2.51. The maximum atomic E-state index is 13.1. The van der Waals surface area contributed by atoms with Crippen molar-refractivity contribution in [2.75, 3.05) is 66.6 Å². The van der Waals surface area contributed by atoms with Gasteiger partial charge in [0.15, 0.2) is 11.5 Å². The van der Waals surface area contributed by atoms with Crippen molar-refractivity contribution >= 4 is 76.5 Å². The number of nitrogens with one attached hydrogen (secondary N) is 1. The van der Waals surface area contributed by atoms with Crippen LogP contribution in [0.3, 0.4) is 0 Å². The fourth-order valence-electron chi connectivity index (χ4n) is 13.6. The number of carbonyl (C=O) groups is 9. The Morgan fingerprint density at radius 1 is 0.492 bits per heavy atom. The number of nitrogens with zero attached hydrogens (tertiary/aromatic N) is 21. The molecule has 620 valence electrons. The van der Waals surface area contributed by atoms with Gasteiger partial charge in [-0.25, -0.2) is 38.8 Å². The largest absolute Gasteiger partial charge is 0.493 e. The van der Waals surface area contributed by atoms with Gasteiger partial charge in [-0.05, 0) is 125 Å². The minimum absolute atomic E-state index is 0.0178. The van der Waals surface area contributed by atoms with E-state index in [1.165, 1.54) is 49.3 Å². The van der Waals surface area contributed by atoms with E-state index in [2.05, 4.69) is 51.4 Å². The number of aromatic nitrogens is 14. The summed E-state index contributed by atoms with van der Waals surface area (Å²) in [5, 5.41) is 48.5. The van der Waals surface area contributed by atoms with Gasteiger partial charge < -0.3 is 57.4 Å². The standard InChI is InChI=1S/C26H31N5O5.C22H25N5O5.C18H21N7O3.C13H15N5O4/c1-17-22(18(2)36-28-17)15-30-14-21(12-27-30)31-23(32)16-29(25(31)34)13-20-8-6-7-19(11-20)9-10-24(33)35-26(3,4)5;1-14-18(15(2)32-24-14)12-26-11-17(10-23-26)27-21(28)13-25(22(27)29)8-7-16-5-6-19(30-3)20(9-16)31-4;1-11-14(6-22(4)20-11)7-23-10-17(26)25(18(23)27)15-5-19-24(8-15)9-16-12(2)21-28-13(16)3;1-7-10(8(2)22-16-7)5-17-4-9(3-14-17)18-12(20)11(6-19)15-13(18)21/h6-8,11-12,14H,9-10,13,15-16H2,1-5H3;5-6,9-11H,7-8,12-13H2,1-4H3;5-6,8H,7,9-10H2,1-4H3;3-4,11,19H,5-6H2,1-2H3,(H,15,21). The van der Waals surface area contributed by atoms with Crippen molar-refractivity contribution in [3.63, 3.8) is 0 Å². The van der Waals surface area contributed by atoms with Gasteiger partial charge in [0.05, 0.1) is 130 Å². The Hall–Kier alpha value is -13.9. The van der Waals surface area contributed by atoms with E-state index in [-0.39, 0.29) is 68.4 Å². The third-order valence-corrected chi connectivity index (χ3v) is 19.8. The number of esters is 1. The van der Waals surface area contributed by atoms with Gasteiger partial charge in [-0.2, -0.15) is 25.5 Å². The maximum Gasteiger partial charge on any atom is 0.332 e. The van der Waals surface area contributed by atoms with Crippen molar-refractivity contribution in [1.82, 2.24) is 89.5 Å². The number of benzene rings is 2. The molecule has 2 N–H and O–H groups in total. The van der Waals surface area contributed by atoms with E-state index in [1.807, 2.05) is 139 Å². The molecule has 1 unspecified atom stereocenters. The van der Waals surface area contributed by atoms with Gasteiger partial charge in [0.2, 0.25) is 0 Å². The van der Waals surface area contributed by atoms with Gasteiger partial charge in [-0.1, -0.05) is 51.0 Å². The van der Waals surface area contributed by atoms with Gasteiger partial charge in [-0.15, -0.1) is 0 Å². The van der Waals surface area contributed by atoms with E-state index in [1.54, 1.807) is 62.4 Å². The molecule has 11 aromatic rings. The molecule has 39 nitrogen and oxygen atoms in total. The van der Waals surface area contributed by atoms with E-state index in [0.29, 0.717) is 104 Å². The fraction of sp³-hybridized carbons (Fsp3) is 0.392. The first-order valence-corrected chi connectivity index (χ1v) is 37.6. The van der Waals surface area contributed by atoms with Crippen molar-refractivity contribution in [2.45, 2.75) is 153 Å². The second-order valence-corrected chi connectivity index (χ2v) is 29.6. The lowest BCUT2D eigenvalue weighted by molar-refractivity contribution is -0.154. The van der Waals surface area contributed by atoms with Crippen LogP contribution in [0.15, 0.2) is 116 Å². The summed E-state index contributed by atoms with van der Waals surface area (Å²) in [6.45, 7) is 24.5. The van der Waals surface area contributed by atoms with Crippen molar-refractivity contribution in [3.8, 4) is 11.5 Å². The third kappa shape index (κ3) is 19.1. The maximum absolute atomic E-state index is 13.1. The molecule has 0 radical (unpaired) electrons. The Kier molecular flexibility index (Phi) is 25.1. The molecule has 39 heteroatoms. The van der Waals surface area contributed by atoms with E-state index in [4.69, 9.17) is 37.4 Å². The molecule has 0 spiro atoms. The minimum atomic E-state index is -0.904. The molecule has 4 aliphatic rings. The molecule has 4 fully saturated rings. The fourth-order valence-corrected chi connectivity index (χ4v) is 13.6. The first kappa shape index (κ1) is 83.5. The summed E-state index contributed by atoms with van der Waals surface area (Å²) in [6.07, 6.45) is 15.8. The van der Waals surface area contributed by atoms with E-state index < -0.39 is 36.2 Å². The van der Waals surface area contributed by atoms with Crippen LogP contribution < -0.4 is 34.4 Å². The lowest BCUT2D eigenvalue weighted by Crippen LogP contribution is -2.33. The number of carbonyl (C=O) groups excluding carboxylic acids is 9. The molecule has 15 rings (SSSR count). The zero-order chi connectivity index (χ0) is 84.7. The Morgan fingerprint density at radius 3 is 1.29 bits per heavy atom. The number of amides is 12. The van der Waals surface area contributed by atoms with Crippen LogP contribution in [-0.4, -0.2) is 202 Å². The molecule has 0 aliphatic carbocycles. The highest BCUT2D eigenvalue weighted by atomic mass is 16.6. The number of urea groups is 4. The van der Waals surface area contributed by atoms with Crippen molar-refractivity contribution < 1.29 is 80.6 Å². The van der Waals surface area contributed by atoms with E-state index in [9.17, 15) is 43.2 Å². The molecule has 1 atom stereocenters. The van der Waals surface area contributed by atoms with Crippen LogP contribution >= 0.6 is 0 Å². The van der Waals surface area contributed by atoms with Crippen molar-refractivity contribution in [1.29, 1.82) is 0 Å². The predicted octanol–water partition coefficient (Wildman–Crippen LogP) is 7.84.